The van der Waals surface area contributed by atoms with Crippen LogP contribution in [0.15, 0.2) is 24.3 Å². The Hall–Kier alpha value is -2.81. The van der Waals surface area contributed by atoms with Gasteiger partial charge in [0.15, 0.2) is 0 Å². The van der Waals surface area contributed by atoms with E-state index in [0.717, 1.165) is 5.56 Å². The Bertz CT molecular complexity index is 926. The van der Waals surface area contributed by atoms with Gasteiger partial charge in [0.25, 0.3) is 5.91 Å². The van der Waals surface area contributed by atoms with Crippen LogP contribution in [0.5, 0.6) is 5.75 Å². The number of amides is 3. The van der Waals surface area contributed by atoms with E-state index < -0.39 is 41.3 Å². The number of carbonyl (C=O) groups is 3. The molecule has 0 bridgehead atoms. The topological polar surface area (TPSA) is 108 Å². The minimum absolute atomic E-state index is 0.169. The van der Waals surface area contributed by atoms with Crippen molar-refractivity contribution in [2.45, 2.75) is 96.3 Å². The molecular weight excluding hydrogens is 438 g/mol. The second kappa shape index (κ2) is 9.44. The van der Waals surface area contributed by atoms with Crippen LogP contribution in [0.1, 0.15) is 59.9 Å². The molecule has 1 spiro atoms. The quantitative estimate of drug-likeness (QED) is 0.612. The van der Waals surface area contributed by atoms with Gasteiger partial charge in [-0.15, -0.1) is 0 Å². The van der Waals surface area contributed by atoms with Crippen molar-refractivity contribution in [2.75, 3.05) is 7.11 Å². The van der Waals surface area contributed by atoms with E-state index in [4.69, 9.17) is 9.47 Å². The maximum Gasteiger partial charge on any atom is 0.411 e. The molecule has 34 heavy (non-hydrogen) atoms. The first-order valence-corrected chi connectivity index (χ1v) is 11.8. The number of rotatable bonds is 6. The van der Waals surface area contributed by atoms with Gasteiger partial charge in [-0.1, -0.05) is 12.1 Å². The number of hydrogen-bond acceptors (Lipinski definition) is 6. The molecule has 0 aromatic heterocycles. The van der Waals surface area contributed by atoms with Crippen LogP contribution in [0.2, 0.25) is 0 Å². The maximum absolute atomic E-state index is 13.6. The van der Waals surface area contributed by atoms with Crippen molar-refractivity contribution < 1.29 is 29.0 Å². The van der Waals surface area contributed by atoms with Crippen molar-refractivity contribution >= 4 is 17.9 Å². The van der Waals surface area contributed by atoms with Gasteiger partial charge in [0.2, 0.25) is 5.91 Å². The molecule has 9 nitrogen and oxygen atoms in total. The molecule has 9 heteroatoms. The molecule has 2 fully saturated rings. The maximum atomic E-state index is 13.6. The summed E-state index contributed by atoms with van der Waals surface area (Å²) >= 11 is 0. The van der Waals surface area contributed by atoms with Crippen LogP contribution >= 0.6 is 0 Å². The van der Waals surface area contributed by atoms with Gasteiger partial charge in [-0.3, -0.25) is 14.5 Å². The largest absolute Gasteiger partial charge is 0.497 e. The standard InChI is InChI=1S/C25H37N3O6/c1-15-12-13-25(28(15)23(32)34-24(4,5)6)17(3)27(22(25)31)20(16(2)29)21(30)26-14-18-8-10-19(33-7)11-9-18/h8-11,15-17,20,29H,12-14H2,1-7H3,(H,26,30)/t15?,16-,17?,20+,25?/m1/s1. The van der Waals surface area contributed by atoms with Gasteiger partial charge < -0.3 is 24.8 Å². The molecule has 0 radical (unpaired) electrons. The Kier molecular flexibility index (Phi) is 7.17. The number of ether oxygens (including phenoxy) is 2. The highest BCUT2D eigenvalue weighted by atomic mass is 16.6. The molecule has 1 aromatic carbocycles. The summed E-state index contributed by atoms with van der Waals surface area (Å²) in [6.45, 7) is 10.8. The van der Waals surface area contributed by atoms with Crippen molar-refractivity contribution in [1.29, 1.82) is 0 Å². The second-order valence-corrected chi connectivity index (χ2v) is 10.3. The van der Waals surface area contributed by atoms with Gasteiger partial charge >= 0.3 is 6.09 Å². The lowest BCUT2D eigenvalue weighted by Crippen LogP contribution is -2.82. The van der Waals surface area contributed by atoms with Crippen LogP contribution in [0.25, 0.3) is 0 Å². The normalized spacial score (nSPS) is 26.2. The number of benzene rings is 1. The highest BCUT2D eigenvalue weighted by Crippen LogP contribution is 2.48. The van der Waals surface area contributed by atoms with E-state index in [1.165, 1.54) is 16.7 Å². The third kappa shape index (κ3) is 4.58. The van der Waals surface area contributed by atoms with Gasteiger partial charge in [0.1, 0.15) is 22.9 Å². The molecule has 2 aliphatic heterocycles. The van der Waals surface area contributed by atoms with Crippen molar-refractivity contribution in [3.8, 4) is 5.75 Å². The second-order valence-electron chi connectivity index (χ2n) is 10.3. The summed E-state index contributed by atoms with van der Waals surface area (Å²) in [5.41, 5.74) is -0.899. The zero-order chi connectivity index (χ0) is 25.4. The van der Waals surface area contributed by atoms with Gasteiger partial charge in [0, 0.05) is 12.6 Å². The molecule has 2 aliphatic rings. The molecular formula is C25H37N3O6. The van der Waals surface area contributed by atoms with Crippen LogP contribution in [0, 0.1) is 0 Å². The molecule has 3 amide bonds. The smallest absolute Gasteiger partial charge is 0.411 e. The summed E-state index contributed by atoms with van der Waals surface area (Å²) in [6, 6.07) is 5.57. The molecule has 2 saturated heterocycles. The highest BCUT2D eigenvalue weighted by molar-refractivity contribution is 6.01. The van der Waals surface area contributed by atoms with Crippen LogP contribution < -0.4 is 10.1 Å². The number of β-lactam (4-membered cyclic amide) rings is 1. The first kappa shape index (κ1) is 25.8. The molecule has 188 valence electrons. The minimum Gasteiger partial charge on any atom is -0.497 e. The van der Waals surface area contributed by atoms with Crippen molar-refractivity contribution in [1.82, 2.24) is 15.1 Å². The lowest BCUT2D eigenvalue weighted by molar-refractivity contribution is -0.184. The average Bonchev–Trinajstić information content (AvgIpc) is 3.13. The fourth-order valence-electron chi connectivity index (χ4n) is 5.07. The zero-order valence-electron chi connectivity index (χ0n) is 21.1. The molecule has 2 heterocycles. The lowest BCUT2D eigenvalue weighted by atomic mass is 9.75. The molecule has 1 aromatic rings. The van der Waals surface area contributed by atoms with Gasteiger partial charge in [0.05, 0.1) is 19.3 Å². The summed E-state index contributed by atoms with van der Waals surface area (Å²) in [6.07, 6.45) is -0.473. The predicted octanol–water partition coefficient (Wildman–Crippen LogP) is 2.45. The summed E-state index contributed by atoms with van der Waals surface area (Å²) in [7, 11) is 1.58. The first-order chi connectivity index (χ1) is 15.8. The third-order valence-electron chi connectivity index (χ3n) is 6.77. The van der Waals surface area contributed by atoms with Gasteiger partial charge in [-0.25, -0.2) is 4.79 Å². The van der Waals surface area contributed by atoms with Crippen molar-refractivity contribution in [3.63, 3.8) is 0 Å². The number of methoxy groups -OCH3 is 1. The summed E-state index contributed by atoms with van der Waals surface area (Å²) in [5.74, 6) is -0.0704. The molecule has 0 saturated carbocycles. The molecule has 2 N–H and O–H groups in total. The van der Waals surface area contributed by atoms with Crippen LogP contribution in [-0.4, -0.2) is 75.3 Å². The Balaban J connectivity index is 1.76. The van der Waals surface area contributed by atoms with Gasteiger partial charge in [-0.2, -0.15) is 0 Å². The summed E-state index contributed by atoms with van der Waals surface area (Å²) in [5, 5.41) is 13.3. The Morgan fingerprint density at radius 2 is 1.85 bits per heavy atom. The third-order valence-corrected chi connectivity index (χ3v) is 6.77. The Labute approximate surface area is 201 Å². The monoisotopic (exact) mass is 475 g/mol. The number of likely N-dealkylation sites (tertiary alicyclic amines) is 2. The fourth-order valence-corrected chi connectivity index (χ4v) is 5.07. The van der Waals surface area contributed by atoms with Gasteiger partial charge in [-0.05, 0) is 72.1 Å². The number of aliphatic hydroxyl groups is 1. The van der Waals surface area contributed by atoms with E-state index in [-0.39, 0.29) is 18.5 Å². The molecule has 3 rings (SSSR count). The molecule has 5 atom stereocenters. The minimum atomic E-state index is -1.09. The first-order valence-electron chi connectivity index (χ1n) is 11.8. The Morgan fingerprint density at radius 3 is 2.35 bits per heavy atom. The zero-order valence-corrected chi connectivity index (χ0v) is 21.1. The van der Waals surface area contributed by atoms with E-state index in [1.807, 2.05) is 26.0 Å². The number of nitrogens with one attached hydrogen (secondary N) is 1. The number of aliphatic hydroxyl groups excluding tert-OH is 1. The van der Waals surface area contributed by atoms with Crippen LogP contribution in [0.4, 0.5) is 4.79 Å². The SMILES string of the molecule is COc1ccc(CNC(=O)[C@H]([C@@H](C)O)N2C(=O)C3(CCC(C)N3C(=O)OC(C)(C)C)C2C)cc1. The van der Waals surface area contributed by atoms with E-state index >= 15 is 0 Å². The fraction of sp³-hybridized carbons (Fsp3) is 0.640. The average molecular weight is 476 g/mol. The number of nitrogens with zero attached hydrogens (tertiary/aromatic N) is 2. The van der Waals surface area contributed by atoms with E-state index in [2.05, 4.69) is 5.32 Å². The Morgan fingerprint density at radius 1 is 1.24 bits per heavy atom. The van der Waals surface area contributed by atoms with E-state index in [0.29, 0.717) is 18.6 Å². The van der Waals surface area contributed by atoms with Crippen LogP contribution in [0.3, 0.4) is 0 Å². The summed E-state index contributed by atoms with van der Waals surface area (Å²) in [4.78, 5) is 42.6. The highest BCUT2D eigenvalue weighted by Gasteiger charge is 2.69. The number of hydrogen-bond donors (Lipinski definition) is 2. The molecule has 3 unspecified atom stereocenters. The van der Waals surface area contributed by atoms with Crippen molar-refractivity contribution in [2.24, 2.45) is 0 Å². The van der Waals surface area contributed by atoms with E-state index in [1.54, 1.807) is 40.0 Å². The van der Waals surface area contributed by atoms with Crippen molar-refractivity contribution in [3.05, 3.63) is 29.8 Å². The summed E-state index contributed by atoms with van der Waals surface area (Å²) < 4.78 is 10.7. The molecule has 0 aliphatic carbocycles. The van der Waals surface area contributed by atoms with E-state index in [9.17, 15) is 19.5 Å². The van der Waals surface area contributed by atoms with Crippen LogP contribution in [-0.2, 0) is 20.9 Å². The number of carbonyl (C=O) groups excluding carboxylic acids is 3. The predicted molar refractivity (Wildman–Crippen MR) is 126 cm³/mol. The lowest BCUT2D eigenvalue weighted by Gasteiger charge is -2.59.